The molecule has 4 rings (SSSR count). The second-order valence-electron chi connectivity index (χ2n) is 6.59. The molecule has 0 spiro atoms. The summed E-state index contributed by atoms with van der Waals surface area (Å²) in [6.45, 7) is 4.28. The fourth-order valence-electron chi connectivity index (χ4n) is 2.96. The topological polar surface area (TPSA) is 72.8 Å². The Labute approximate surface area is 169 Å². The maximum Gasteiger partial charge on any atom is 0.141 e. The van der Waals surface area contributed by atoms with Gasteiger partial charge in [0.2, 0.25) is 0 Å². The predicted octanol–water partition coefficient (Wildman–Crippen LogP) is 4.87. The van der Waals surface area contributed by atoms with Crippen LogP contribution in [0.25, 0.3) is 11.1 Å². The van der Waals surface area contributed by atoms with Crippen molar-refractivity contribution < 1.29 is 4.74 Å². The monoisotopic (exact) mass is 383 g/mol. The van der Waals surface area contributed by atoms with E-state index in [1.807, 2.05) is 68.4 Å². The molecule has 4 aromatic rings. The van der Waals surface area contributed by atoms with Crippen molar-refractivity contribution in [3.8, 4) is 16.9 Å². The minimum absolute atomic E-state index is 0.483. The van der Waals surface area contributed by atoms with Gasteiger partial charge in [0, 0.05) is 24.2 Å². The first-order valence-corrected chi connectivity index (χ1v) is 9.34. The Balaban J connectivity index is 1.69. The molecule has 0 aliphatic carbocycles. The van der Waals surface area contributed by atoms with Gasteiger partial charge in [0.1, 0.15) is 29.8 Å². The smallest absolute Gasteiger partial charge is 0.141 e. The summed E-state index contributed by atoms with van der Waals surface area (Å²) in [7, 11) is 0. The van der Waals surface area contributed by atoms with Crippen LogP contribution in [0.3, 0.4) is 0 Å². The standard InChI is InChI=1S/C23H21N5O/c1-16-21(29-15-18-6-4-3-5-7-18)14-20(19-8-11-24-12-9-19)23(26-16)28-22-10-13-25-17(2)27-22/h3-14H,15H2,1-2H3,(H,25,26,27,28). The summed E-state index contributed by atoms with van der Waals surface area (Å²) in [5.74, 6) is 2.83. The van der Waals surface area contributed by atoms with Crippen LogP contribution in [0.15, 0.2) is 73.2 Å². The molecule has 144 valence electrons. The SMILES string of the molecule is Cc1nccc(Nc2nc(C)c(OCc3ccccc3)cc2-c2ccncc2)n1. The molecule has 0 atom stereocenters. The summed E-state index contributed by atoms with van der Waals surface area (Å²) >= 11 is 0. The average Bonchev–Trinajstić information content (AvgIpc) is 2.74. The molecule has 6 nitrogen and oxygen atoms in total. The zero-order valence-electron chi connectivity index (χ0n) is 16.3. The molecular weight excluding hydrogens is 362 g/mol. The van der Waals surface area contributed by atoms with Crippen LogP contribution in [-0.4, -0.2) is 19.9 Å². The summed E-state index contributed by atoms with van der Waals surface area (Å²) in [4.78, 5) is 17.5. The highest BCUT2D eigenvalue weighted by Gasteiger charge is 2.13. The molecule has 0 aliphatic heterocycles. The van der Waals surface area contributed by atoms with Crippen LogP contribution in [0.4, 0.5) is 11.6 Å². The number of hydrogen-bond donors (Lipinski definition) is 1. The van der Waals surface area contributed by atoms with Gasteiger partial charge >= 0.3 is 0 Å². The number of ether oxygens (including phenoxy) is 1. The molecular formula is C23H21N5O. The van der Waals surface area contributed by atoms with E-state index in [-0.39, 0.29) is 0 Å². The van der Waals surface area contributed by atoms with Crippen molar-refractivity contribution >= 4 is 11.6 Å². The normalized spacial score (nSPS) is 10.6. The third kappa shape index (κ3) is 4.55. The Kier molecular flexibility index (Phi) is 5.42. The molecule has 6 heteroatoms. The van der Waals surface area contributed by atoms with Crippen molar-refractivity contribution in [3.63, 3.8) is 0 Å². The highest BCUT2D eigenvalue weighted by atomic mass is 16.5. The minimum atomic E-state index is 0.483. The van der Waals surface area contributed by atoms with E-state index in [0.717, 1.165) is 28.1 Å². The van der Waals surface area contributed by atoms with E-state index in [2.05, 4.69) is 20.3 Å². The van der Waals surface area contributed by atoms with Crippen molar-refractivity contribution in [2.75, 3.05) is 5.32 Å². The molecule has 1 aromatic carbocycles. The van der Waals surface area contributed by atoms with Crippen molar-refractivity contribution in [3.05, 3.63) is 90.3 Å². The third-order valence-corrected chi connectivity index (χ3v) is 4.42. The van der Waals surface area contributed by atoms with E-state index in [1.165, 1.54) is 0 Å². The molecule has 0 bridgehead atoms. The van der Waals surface area contributed by atoms with Gasteiger partial charge in [-0.25, -0.2) is 15.0 Å². The first-order chi connectivity index (χ1) is 14.2. The van der Waals surface area contributed by atoms with Gasteiger partial charge in [0.25, 0.3) is 0 Å². The maximum atomic E-state index is 6.08. The number of benzene rings is 1. The summed E-state index contributed by atoms with van der Waals surface area (Å²) in [5, 5.41) is 3.32. The summed E-state index contributed by atoms with van der Waals surface area (Å²) < 4.78 is 6.08. The Morgan fingerprint density at radius 2 is 1.69 bits per heavy atom. The average molecular weight is 383 g/mol. The van der Waals surface area contributed by atoms with Crippen LogP contribution in [0, 0.1) is 13.8 Å². The van der Waals surface area contributed by atoms with Crippen molar-refractivity contribution in [1.29, 1.82) is 0 Å². The van der Waals surface area contributed by atoms with Gasteiger partial charge in [-0.2, -0.15) is 0 Å². The highest BCUT2D eigenvalue weighted by molar-refractivity contribution is 5.79. The molecule has 0 radical (unpaired) electrons. The van der Waals surface area contributed by atoms with Gasteiger partial charge in [0.15, 0.2) is 0 Å². The van der Waals surface area contributed by atoms with Crippen molar-refractivity contribution in [2.45, 2.75) is 20.5 Å². The van der Waals surface area contributed by atoms with E-state index >= 15 is 0 Å². The second kappa shape index (κ2) is 8.48. The molecule has 3 heterocycles. The zero-order valence-corrected chi connectivity index (χ0v) is 16.3. The molecule has 0 saturated heterocycles. The van der Waals surface area contributed by atoms with Gasteiger partial charge in [-0.15, -0.1) is 0 Å². The molecule has 3 aromatic heterocycles. The van der Waals surface area contributed by atoms with E-state index in [1.54, 1.807) is 18.6 Å². The number of aryl methyl sites for hydroxylation is 2. The largest absolute Gasteiger partial charge is 0.487 e. The van der Waals surface area contributed by atoms with Gasteiger partial charge in [0.05, 0.1) is 5.69 Å². The van der Waals surface area contributed by atoms with E-state index in [4.69, 9.17) is 9.72 Å². The fourth-order valence-corrected chi connectivity index (χ4v) is 2.96. The van der Waals surface area contributed by atoms with Crippen LogP contribution < -0.4 is 10.1 Å². The predicted molar refractivity (Wildman–Crippen MR) is 113 cm³/mol. The number of nitrogens with zero attached hydrogens (tertiary/aromatic N) is 4. The van der Waals surface area contributed by atoms with Crippen LogP contribution in [0.1, 0.15) is 17.1 Å². The van der Waals surface area contributed by atoms with E-state index in [9.17, 15) is 0 Å². The Morgan fingerprint density at radius 3 is 2.45 bits per heavy atom. The first-order valence-electron chi connectivity index (χ1n) is 9.34. The number of rotatable bonds is 6. The number of hydrogen-bond acceptors (Lipinski definition) is 6. The third-order valence-electron chi connectivity index (χ3n) is 4.42. The van der Waals surface area contributed by atoms with Gasteiger partial charge in [-0.1, -0.05) is 30.3 Å². The summed E-state index contributed by atoms with van der Waals surface area (Å²) in [5.41, 5.74) is 3.81. The molecule has 1 N–H and O–H groups in total. The molecule has 0 amide bonds. The molecule has 0 unspecified atom stereocenters. The van der Waals surface area contributed by atoms with Crippen LogP contribution in [-0.2, 0) is 6.61 Å². The van der Waals surface area contributed by atoms with Crippen LogP contribution >= 0.6 is 0 Å². The van der Waals surface area contributed by atoms with Gasteiger partial charge in [-0.05, 0) is 49.2 Å². The minimum Gasteiger partial charge on any atom is -0.487 e. The highest BCUT2D eigenvalue weighted by Crippen LogP contribution is 2.33. The lowest BCUT2D eigenvalue weighted by Gasteiger charge is -2.16. The van der Waals surface area contributed by atoms with Crippen molar-refractivity contribution in [1.82, 2.24) is 19.9 Å². The number of anilines is 2. The zero-order chi connectivity index (χ0) is 20.1. The number of aromatic nitrogens is 4. The maximum absolute atomic E-state index is 6.08. The number of pyridine rings is 2. The van der Waals surface area contributed by atoms with Gasteiger partial charge in [-0.3, -0.25) is 4.98 Å². The summed E-state index contributed by atoms with van der Waals surface area (Å²) in [6.07, 6.45) is 5.25. The lowest BCUT2D eigenvalue weighted by molar-refractivity contribution is 0.303. The van der Waals surface area contributed by atoms with Crippen molar-refractivity contribution in [2.24, 2.45) is 0 Å². The lowest BCUT2D eigenvalue weighted by Crippen LogP contribution is -2.04. The first kappa shape index (κ1) is 18.6. The molecule has 0 fully saturated rings. The van der Waals surface area contributed by atoms with Crippen LogP contribution in [0.2, 0.25) is 0 Å². The number of nitrogens with one attached hydrogen (secondary N) is 1. The Hall–Kier alpha value is -3.80. The molecule has 0 saturated carbocycles. The van der Waals surface area contributed by atoms with Crippen LogP contribution in [0.5, 0.6) is 5.75 Å². The molecule has 0 aliphatic rings. The Morgan fingerprint density at radius 1 is 0.897 bits per heavy atom. The van der Waals surface area contributed by atoms with E-state index < -0.39 is 0 Å². The molecule has 29 heavy (non-hydrogen) atoms. The second-order valence-corrected chi connectivity index (χ2v) is 6.59. The lowest BCUT2D eigenvalue weighted by atomic mass is 10.1. The quantitative estimate of drug-likeness (QED) is 0.512. The fraction of sp³-hybridized carbons (Fsp3) is 0.130. The Bertz CT molecular complexity index is 1100. The van der Waals surface area contributed by atoms with E-state index in [0.29, 0.717) is 24.1 Å². The van der Waals surface area contributed by atoms with Gasteiger partial charge < -0.3 is 10.1 Å². The summed E-state index contributed by atoms with van der Waals surface area (Å²) in [6, 6.07) is 17.8.